The average molecular weight is 342 g/mol. The molecular weight excluding hydrogens is 332 g/mol. The summed E-state index contributed by atoms with van der Waals surface area (Å²) < 4.78 is 20.0. The van der Waals surface area contributed by atoms with Gasteiger partial charge in [0.15, 0.2) is 0 Å². The highest BCUT2D eigenvalue weighted by Gasteiger charge is 2.20. The molecule has 0 aliphatic heterocycles. The molecule has 0 bridgehead atoms. The second-order valence-corrected chi connectivity index (χ2v) is 6.54. The Balaban J connectivity index is 1.98. The Hall–Kier alpha value is -1.49. The van der Waals surface area contributed by atoms with Gasteiger partial charge in [-0.05, 0) is 42.5 Å². The minimum absolute atomic E-state index is 0.313. The lowest BCUT2D eigenvalue weighted by molar-refractivity contribution is 0.499. The van der Waals surface area contributed by atoms with Crippen LogP contribution in [0.3, 0.4) is 0 Å². The second-order valence-electron chi connectivity index (χ2n) is 4.36. The van der Waals surface area contributed by atoms with E-state index in [0.29, 0.717) is 20.8 Å². The number of rotatable bonds is 4. The maximum Gasteiger partial charge on any atom is 0.146 e. The van der Waals surface area contributed by atoms with Gasteiger partial charge in [-0.2, -0.15) is 0 Å². The van der Waals surface area contributed by atoms with Crippen LogP contribution in [0.4, 0.5) is 10.1 Å². The van der Waals surface area contributed by atoms with Gasteiger partial charge >= 0.3 is 0 Å². The molecule has 0 amide bonds. The van der Waals surface area contributed by atoms with E-state index >= 15 is 0 Å². The summed E-state index contributed by atoms with van der Waals surface area (Å²) in [5.74, 6) is 0.298. The van der Waals surface area contributed by atoms with Gasteiger partial charge in [-0.3, -0.25) is 0 Å². The summed E-state index contributed by atoms with van der Waals surface area (Å²) in [6.45, 7) is 0. The molecule has 0 fully saturated rings. The summed E-state index contributed by atoms with van der Waals surface area (Å²) in [7, 11) is 0. The molecule has 1 aromatic carbocycles. The number of anilines is 1. The van der Waals surface area contributed by atoms with Gasteiger partial charge < -0.3 is 9.73 Å². The number of hydrogen-bond donors (Lipinski definition) is 1. The fourth-order valence-electron chi connectivity index (χ4n) is 1.99. The zero-order valence-electron chi connectivity index (χ0n) is 10.6. The Morgan fingerprint density at radius 3 is 2.67 bits per heavy atom. The van der Waals surface area contributed by atoms with Crippen molar-refractivity contribution >= 4 is 40.2 Å². The Labute approximate surface area is 135 Å². The van der Waals surface area contributed by atoms with Crippen molar-refractivity contribution in [3.05, 3.63) is 74.5 Å². The highest BCUT2D eigenvalue weighted by molar-refractivity contribution is 7.16. The van der Waals surface area contributed by atoms with E-state index in [9.17, 15) is 4.39 Å². The predicted octanol–water partition coefficient (Wildman–Crippen LogP) is 5.99. The first-order chi connectivity index (χ1) is 10.1. The molecule has 3 aromatic rings. The van der Waals surface area contributed by atoms with Gasteiger partial charge in [-0.15, -0.1) is 11.3 Å². The molecule has 1 N–H and O–H groups in total. The number of thiophene rings is 1. The Kier molecular flexibility index (Phi) is 4.19. The third-order valence-electron chi connectivity index (χ3n) is 2.93. The standard InChI is InChI=1S/C15H10Cl2FNOS/c16-9-3-4-10(18)11(8-9)19-15(12-2-1-7-20-12)13-5-6-14(17)21-13/h1-8,15,19H. The Morgan fingerprint density at radius 2 is 2.00 bits per heavy atom. The van der Waals surface area contributed by atoms with E-state index in [1.807, 2.05) is 12.1 Å². The minimum atomic E-state index is -0.376. The molecule has 0 saturated carbocycles. The number of furan rings is 1. The minimum Gasteiger partial charge on any atom is -0.467 e. The van der Waals surface area contributed by atoms with E-state index in [-0.39, 0.29) is 11.9 Å². The molecule has 0 radical (unpaired) electrons. The summed E-state index contributed by atoms with van der Waals surface area (Å²) in [4.78, 5) is 0.925. The third-order valence-corrected chi connectivity index (χ3v) is 4.47. The van der Waals surface area contributed by atoms with Gasteiger partial charge in [0.2, 0.25) is 0 Å². The van der Waals surface area contributed by atoms with Crippen LogP contribution in [0.2, 0.25) is 9.36 Å². The average Bonchev–Trinajstić information content (AvgIpc) is 3.11. The molecule has 0 aliphatic carbocycles. The molecular formula is C15H10Cl2FNOS. The van der Waals surface area contributed by atoms with E-state index in [1.165, 1.54) is 23.5 Å². The van der Waals surface area contributed by atoms with E-state index in [4.69, 9.17) is 27.6 Å². The first-order valence-electron chi connectivity index (χ1n) is 6.14. The number of benzene rings is 1. The van der Waals surface area contributed by atoms with Crippen LogP contribution in [0.15, 0.2) is 53.1 Å². The highest BCUT2D eigenvalue weighted by Crippen LogP contribution is 2.34. The summed E-state index contributed by atoms with van der Waals surface area (Å²) in [5.41, 5.74) is 0.313. The van der Waals surface area contributed by atoms with Gasteiger partial charge in [-0.1, -0.05) is 23.2 Å². The number of nitrogens with one attached hydrogen (secondary N) is 1. The smallest absolute Gasteiger partial charge is 0.146 e. The van der Waals surface area contributed by atoms with E-state index in [0.717, 1.165) is 4.88 Å². The molecule has 1 atom stereocenters. The summed E-state index contributed by atoms with van der Waals surface area (Å²) in [6, 6.07) is 11.3. The molecule has 0 spiro atoms. The van der Waals surface area contributed by atoms with Crippen LogP contribution in [0.1, 0.15) is 16.7 Å². The van der Waals surface area contributed by atoms with Gasteiger partial charge in [0.1, 0.15) is 17.6 Å². The van der Waals surface area contributed by atoms with E-state index in [1.54, 1.807) is 24.5 Å². The topological polar surface area (TPSA) is 25.2 Å². The van der Waals surface area contributed by atoms with Crippen molar-refractivity contribution in [1.82, 2.24) is 0 Å². The molecule has 6 heteroatoms. The largest absolute Gasteiger partial charge is 0.467 e. The quantitative estimate of drug-likeness (QED) is 0.630. The van der Waals surface area contributed by atoms with Crippen molar-refractivity contribution in [2.24, 2.45) is 0 Å². The molecule has 2 heterocycles. The summed E-state index contributed by atoms with van der Waals surface area (Å²) >= 11 is 13.3. The van der Waals surface area contributed by atoms with Crippen LogP contribution in [-0.2, 0) is 0 Å². The normalized spacial score (nSPS) is 12.3. The van der Waals surface area contributed by atoms with Gasteiger partial charge in [0, 0.05) is 9.90 Å². The van der Waals surface area contributed by atoms with E-state index in [2.05, 4.69) is 5.32 Å². The molecule has 0 saturated heterocycles. The van der Waals surface area contributed by atoms with Gasteiger partial charge in [-0.25, -0.2) is 4.39 Å². The van der Waals surface area contributed by atoms with E-state index < -0.39 is 0 Å². The lowest BCUT2D eigenvalue weighted by Gasteiger charge is -2.17. The Morgan fingerprint density at radius 1 is 1.14 bits per heavy atom. The van der Waals surface area contributed by atoms with Crippen molar-refractivity contribution in [2.75, 3.05) is 5.32 Å². The maximum atomic E-state index is 13.9. The monoisotopic (exact) mass is 341 g/mol. The zero-order valence-corrected chi connectivity index (χ0v) is 13.0. The van der Waals surface area contributed by atoms with Crippen molar-refractivity contribution in [1.29, 1.82) is 0 Å². The SMILES string of the molecule is Fc1ccc(Cl)cc1NC(c1ccco1)c1ccc(Cl)s1. The van der Waals surface area contributed by atoms with Crippen LogP contribution < -0.4 is 5.32 Å². The molecule has 2 aromatic heterocycles. The van der Waals surface area contributed by atoms with Gasteiger partial charge in [0.25, 0.3) is 0 Å². The zero-order chi connectivity index (χ0) is 14.8. The molecule has 21 heavy (non-hydrogen) atoms. The fraction of sp³-hybridized carbons (Fsp3) is 0.0667. The fourth-order valence-corrected chi connectivity index (χ4v) is 3.28. The van der Waals surface area contributed by atoms with Crippen LogP contribution in [0.5, 0.6) is 0 Å². The van der Waals surface area contributed by atoms with Crippen molar-refractivity contribution in [3.63, 3.8) is 0 Å². The lowest BCUT2D eigenvalue weighted by Crippen LogP contribution is -2.11. The summed E-state index contributed by atoms with van der Waals surface area (Å²) in [5, 5.41) is 3.58. The highest BCUT2D eigenvalue weighted by atomic mass is 35.5. The molecule has 2 nitrogen and oxygen atoms in total. The third kappa shape index (κ3) is 3.23. The molecule has 3 rings (SSSR count). The van der Waals surface area contributed by atoms with Crippen molar-refractivity contribution in [3.8, 4) is 0 Å². The van der Waals surface area contributed by atoms with Gasteiger partial charge in [0.05, 0.1) is 16.3 Å². The first-order valence-corrected chi connectivity index (χ1v) is 7.71. The van der Waals surface area contributed by atoms with Crippen LogP contribution in [0, 0.1) is 5.82 Å². The second kappa shape index (κ2) is 6.10. The van der Waals surface area contributed by atoms with Crippen molar-refractivity contribution in [2.45, 2.75) is 6.04 Å². The number of halogens is 3. The molecule has 1 unspecified atom stereocenters. The first kappa shape index (κ1) is 14.4. The summed E-state index contributed by atoms with van der Waals surface area (Å²) in [6.07, 6.45) is 1.58. The number of hydrogen-bond acceptors (Lipinski definition) is 3. The van der Waals surface area contributed by atoms with Crippen LogP contribution in [-0.4, -0.2) is 0 Å². The Bertz CT molecular complexity index is 742. The van der Waals surface area contributed by atoms with Crippen LogP contribution >= 0.6 is 34.5 Å². The van der Waals surface area contributed by atoms with Crippen molar-refractivity contribution < 1.29 is 8.81 Å². The van der Waals surface area contributed by atoms with Crippen LogP contribution in [0.25, 0.3) is 0 Å². The molecule has 108 valence electrons. The maximum absolute atomic E-state index is 13.9. The molecule has 0 aliphatic rings. The predicted molar refractivity (Wildman–Crippen MR) is 84.9 cm³/mol. The lowest BCUT2D eigenvalue weighted by atomic mass is 10.1.